The SMILES string of the molecule is COc1cc(OC)c(C(=O)Pc2ccc(OCc3ccccc3)cc2OCc2ccccc2)c(OC)c1.[Li]. The van der Waals surface area contributed by atoms with Crippen LogP contribution in [-0.4, -0.2) is 45.7 Å². The number of benzene rings is 4. The number of rotatable bonds is 12. The van der Waals surface area contributed by atoms with Crippen molar-refractivity contribution in [3.05, 3.63) is 108 Å². The first kappa shape index (κ1) is 29.1. The van der Waals surface area contributed by atoms with Gasteiger partial charge in [-0.2, -0.15) is 0 Å². The summed E-state index contributed by atoms with van der Waals surface area (Å²) < 4.78 is 28.5. The van der Waals surface area contributed by atoms with E-state index in [9.17, 15) is 4.79 Å². The summed E-state index contributed by atoms with van der Waals surface area (Å²) in [5, 5.41) is 0.757. The Morgan fingerprint density at radius 3 is 1.68 bits per heavy atom. The van der Waals surface area contributed by atoms with Gasteiger partial charge in [0.25, 0.3) is 0 Å². The van der Waals surface area contributed by atoms with Crippen molar-refractivity contribution in [2.45, 2.75) is 13.2 Å². The van der Waals surface area contributed by atoms with E-state index in [1.165, 1.54) is 14.2 Å². The van der Waals surface area contributed by atoms with Crippen molar-refractivity contribution in [2.24, 2.45) is 0 Å². The van der Waals surface area contributed by atoms with E-state index in [4.69, 9.17) is 23.7 Å². The monoisotopic (exact) mass is 523 g/mol. The molecule has 0 aromatic heterocycles. The van der Waals surface area contributed by atoms with Crippen molar-refractivity contribution in [1.82, 2.24) is 0 Å². The van der Waals surface area contributed by atoms with Crippen LogP contribution in [0.4, 0.5) is 0 Å². The molecule has 4 aromatic rings. The summed E-state index contributed by atoms with van der Waals surface area (Å²) in [5.74, 6) is 2.58. The Hall–Kier alpha value is -3.42. The minimum atomic E-state index is -0.231. The molecule has 6 nitrogen and oxygen atoms in total. The Balaban J connectivity index is 0.00000400. The van der Waals surface area contributed by atoms with Gasteiger partial charge in [0.15, 0.2) is 5.52 Å². The molecular weight excluding hydrogens is 494 g/mol. The van der Waals surface area contributed by atoms with Gasteiger partial charge in [0.2, 0.25) is 0 Å². The van der Waals surface area contributed by atoms with E-state index in [0.717, 1.165) is 16.4 Å². The fourth-order valence-corrected chi connectivity index (χ4v) is 4.76. The van der Waals surface area contributed by atoms with Gasteiger partial charge in [-0.25, -0.2) is 0 Å². The molecule has 0 heterocycles. The summed E-state index contributed by atoms with van der Waals surface area (Å²) in [7, 11) is 4.35. The van der Waals surface area contributed by atoms with Gasteiger partial charge in [0.1, 0.15) is 47.5 Å². The van der Waals surface area contributed by atoms with E-state index in [1.807, 2.05) is 78.9 Å². The van der Waals surface area contributed by atoms with Crippen LogP contribution in [-0.2, 0) is 13.2 Å². The summed E-state index contributed by atoms with van der Waals surface area (Å²) >= 11 is 0. The third-order valence-electron chi connectivity index (χ3n) is 5.63. The van der Waals surface area contributed by atoms with Crippen molar-refractivity contribution in [1.29, 1.82) is 0 Å². The maximum atomic E-state index is 13.5. The van der Waals surface area contributed by atoms with E-state index in [1.54, 1.807) is 19.2 Å². The molecule has 0 aliphatic heterocycles. The molecule has 0 spiro atoms. The third kappa shape index (κ3) is 7.55. The summed E-state index contributed by atoms with van der Waals surface area (Å²) in [6.07, 6.45) is 0. The van der Waals surface area contributed by atoms with Gasteiger partial charge in [-0.15, -0.1) is 0 Å². The van der Waals surface area contributed by atoms with Crippen LogP contribution in [0.2, 0.25) is 0 Å². The maximum absolute atomic E-state index is 13.5. The quantitative estimate of drug-likeness (QED) is 0.177. The van der Waals surface area contributed by atoms with Gasteiger partial charge in [-0.05, 0) is 31.8 Å². The molecule has 0 bridgehead atoms. The molecule has 8 heteroatoms. The van der Waals surface area contributed by atoms with Crippen LogP contribution in [0.25, 0.3) is 0 Å². The molecule has 4 aromatic carbocycles. The first-order valence-electron chi connectivity index (χ1n) is 11.7. The number of hydrogen-bond donors (Lipinski definition) is 0. The molecule has 0 saturated carbocycles. The largest absolute Gasteiger partial charge is 0.496 e. The Labute approximate surface area is 237 Å². The van der Waals surface area contributed by atoms with Crippen molar-refractivity contribution in [3.63, 3.8) is 0 Å². The van der Waals surface area contributed by atoms with Gasteiger partial charge >= 0.3 is 0 Å². The molecule has 1 unspecified atom stereocenters. The van der Waals surface area contributed by atoms with E-state index >= 15 is 0 Å². The van der Waals surface area contributed by atoms with Crippen molar-refractivity contribution < 1.29 is 28.5 Å². The average Bonchev–Trinajstić information content (AvgIpc) is 2.96. The molecule has 0 aliphatic rings. The maximum Gasteiger partial charge on any atom is 0.193 e. The second-order valence-corrected chi connectivity index (χ2v) is 9.31. The molecule has 191 valence electrons. The molecule has 1 atom stereocenters. The second kappa shape index (κ2) is 14.5. The van der Waals surface area contributed by atoms with Crippen LogP contribution >= 0.6 is 8.58 Å². The molecule has 0 amide bonds. The molecular formula is C30H29LiO6P. The third-order valence-corrected chi connectivity index (χ3v) is 6.79. The van der Waals surface area contributed by atoms with Gasteiger partial charge in [-0.3, -0.25) is 4.79 Å². The van der Waals surface area contributed by atoms with Crippen LogP contribution in [0.5, 0.6) is 28.7 Å². The predicted octanol–water partition coefficient (Wildman–Crippen LogP) is 5.63. The van der Waals surface area contributed by atoms with Crippen LogP contribution in [0, 0.1) is 0 Å². The summed E-state index contributed by atoms with van der Waals surface area (Å²) in [5.41, 5.74) is 2.31. The fourth-order valence-electron chi connectivity index (χ4n) is 3.71. The van der Waals surface area contributed by atoms with Crippen molar-refractivity contribution in [3.8, 4) is 28.7 Å². The number of carbonyl (C=O) groups is 1. The van der Waals surface area contributed by atoms with Crippen LogP contribution in [0.15, 0.2) is 91.0 Å². The Bertz CT molecular complexity index is 1310. The van der Waals surface area contributed by atoms with Gasteiger partial charge in [0.05, 0.1) is 21.3 Å². The van der Waals surface area contributed by atoms with E-state index < -0.39 is 0 Å². The van der Waals surface area contributed by atoms with E-state index in [2.05, 4.69) is 0 Å². The minimum Gasteiger partial charge on any atom is -0.496 e. The molecule has 1 radical (unpaired) electrons. The fraction of sp³-hybridized carbons (Fsp3) is 0.167. The zero-order valence-electron chi connectivity index (χ0n) is 22.0. The van der Waals surface area contributed by atoms with Crippen LogP contribution in [0.1, 0.15) is 21.5 Å². The molecule has 0 aliphatic carbocycles. The smallest absolute Gasteiger partial charge is 0.193 e. The summed E-state index contributed by atoms with van der Waals surface area (Å²) in [6, 6.07) is 28.7. The number of methoxy groups -OCH3 is 3. The van der Waals surface area contributed by atoms with Gasteiger partial charge in [0, 0.05) is 42.4 Å². The second-order valence-electron chi connectivity index (χ2n) is 8.07. The standard InChI is InChI=1S/C30H29O6P.Li/c1-32-24-17-26(33-2)29(27(18-24)34-3)30(31)37-28-15-14-23(35-19-21-10-6-4-7-11-21)16-25(28)36-20-22-12-8-5-9-13-22;/h4-18,37H,19-20H2,1-3H3;. The van der Waals surface area contributed by atoms with Crippen molar-refractivity contribution in [2.75, 3.05) is 21.3 Å². The average molecular weight is 523 g/mol. The topological polar surface area (TPSA) is 63.2 Å². The normalized spacial score (nSPS) is 10.5. The van der Waals surface area contributed by atoms with E-state index in [-0.39, 0.29) is 33.0 Å². The van der Waals surface area contributed by atoms with Crippen LogP contribution < -0.4 is 29.0 Å². The molecule has 0 saturated heterocycles. The van der Waals surface area contributed by atoms with E-state index in [0.29, 0.717) is 47.5 Å². The molecule has 0 fully saturated rings. The number of hydrogen-bond acceptors (Lipinski definition) is 6. The first-order chi connectivity index (χ1) is 18.1. The van der Waals surface area contributed by atoms with Gasteiger partial charge < -0.3 is 23.7 Å². The molecule has 38 heavy (non-hydrogen) atoms. The zero-order chi connectivity index (χ0) is 26.0. The van der Waals surface area contributed by atoms with Gasteiger partial charge in [-0.1, -0.05) is 60.7 Å². The summed E-state index contributed by atoms with van der Waals surface area (Å²) in [4.78, 5) is 13.5. The summed E-state index contributed by atoms with van der Waals surface area (Å²) in [6.45, 7) is 0.795. The van der Waals surface area contributed by atoms with Crippen molar-refractivity contribution >= 4 is 38.3 Å². The first-order valence-corrected chi connectivity index (χ1v) is 12.7. The Morgan fingerprint density at radius 1 is 0.632 bits per heavy atom. The van der Waals surface area contributed by atoms with Crippen LogP contribution in [0.3, 0.4) is 0 Å². The Morgan fingerprint density at radius 2 is 1.16 bits per heavy atom. The minimum absolute atomic E-state index is 0. The zero-order valence-corrected chi connectivity index (χ0v) is 23.0. The Kier molecular flexibility index (Phi) is 11.1. The number of carbonyl (C=O) groups excluding carboxylic acids is 1. The molecule has 4 rings (SSSR count). The predicted molar refractivity (Wildman–Crippen MR) is 152 cm³/mol. The number of ether oxygens (including phenoxy) is 5. The molecule has 0 N–H and O–H groups in total.